The number of carbonyl (C=O) groups is 2. The van der Waals surface area contributed by atoms with Crippen molar-refractivity contribution in [3.8, 4) is 11.5 Å². The van der Waals surface area contributed by atoms with E-state index in [1.165, 1.54) is 29.8 Å². The van der Waals surface area contributed by atoms with Gasteiger partial charge < -0.3 is 14.6 Å². The van der Waals surface area contributed by atoms with Gasteiger partial charge in [-0.15, -0.1) is 0 Å². The molecule has 5 nitrogen and oxygen atoms in total. The molecule has 0 heterocycles. The highest BCUT2D eigenvalue weighted by atomic mass is 16.6. The number of benzene rings is 2. The number of aromatic carboxylic acids is 1. The molecule has 0 radical (unpaired) electrons. The van der Waals surface area contributed by atoms with Crippen molar-refractivity contribution in [1.29, 1.82) is 0 Å². The van der Waals surface area contributed by atoms with Crippen molar-refractivity contribution in [2.24, 2.45) is 0 Å². The van der Waals surface area contributed by atoms with Crippen LogP contribution in [-0.2, 0) is 4.79 Å². The Morgan fingerprint density at radius 1 is 0.875 bits per heavy atom. The van der Waals surface area contributed by atoms with Crippen LogP contribution >= 0.6 is 0 Å². The number of carboxylic acids is 1. The summed E-state index contributed by atoms with van der Waals surface area (Å²) < 4.78 is 10.8. The molecule has 126 valence electrons. The smallest absolute Gasteiger partial charge is 0.352 e. The third-order valence-electron chi connectivity index (χ3n) is 3.51. The average Bonchev–Trinajstić information content (AvgIpc) is 2.55. The fourth-order valence-corrected chi connectivity index (χ4v) is 2.05. The molecule has 0 aromatic heterocycles. The number of carboxylic acid groups (broad SMARTS) is 1. The molecule has 0 fully saturated rings. The third-order valence-corrected chi connectivity index (χ3v) is 3.51. The predicted molar refractivity (Wildman–Crippen MR) is 89.7 cm³/mol. The van der Waals surface area contributed by atoms with Gasteiger partial charge in [-0.3, -0.25) is 0 Å². The van der Waals surface area contributed by atoms with Crippen molar-refractivity contribution >= 4 is 11.9 Å². The molecule has 0 aliphatic rings. The summed E-state index contributed by atoms with van der Waals surface area (Å²) in [4.78, 5) is 22.8. The van der Waals surface area contributed by atoms with Crippen molar-refractivity contribution in [3.63, 3.8) is 0 Å². The first-order valence-electron chi connectivity index (χ1n) is 7.68. The summed E-state index contributed by atoms with van der Waals surface area (Å²) in [6.07, 6.45) is -0.783. The van der Waals surface area contributed by atoms with Crippen LogP contribution in [0.3, 0.4) is 0 Å². The molecule has 1 atom stereocenters. The van der Waals surface area contributed by atoms with Crippen molar-refractivity contribution < 1.29 is 24.2 Å². The van der Waals surface area contributed by atoms with E-state index in [4.69, 9.17) is 14.6 Å². The Kier molecular flexibility index (Phi) is 5.58. The van der Waals surface area contributed by atoms with Crippen molar-refractivity contribution in [2.75, 3.05) is 0 Å². The Balaban J connectivity index is 1.95. The Hall–Kier alpha value is -2.82. The SMILES string of the molecule is CC(Oc1ccc(C(C)C)cc1)C(=O)Oc1ccc(C(=O)O)cc1. The van der Waals surface area contributed by atoms with Crippen molar-refractivity contribution in [1.82, 2.24) is 0 Å². The Bertz CT molecular complexity index is 702. The first-order chi connectivity index (χ1) is 11.4. The number of hydrogen-bond donors (Lipinski definition) is 1. The van der Waals surface area contributed by atoms with E-state index in [1.807, 2.05) is 24.3 Å². The Morgan fingerprint density at radius 3 is 1.92 bits per heavy atom. The lowest BCUT2D eigenvalue weighted by Gasteiger charge is -2.14. The van der Waals surface area contributed by atoms with E-state index < -0.39 is 18.0 Å². The summed E-state index contributed by atoms with van der Waals surface area (Å²) in [6.45, 7) is 5.81. The lowest BCUT2D eigenvalue weighted by Crippen LogP contribution is -2.28. The zero-order valence-corrected chi connectivity index (χ0v) is 13.9. The van der Waals surface area contributed by atoms with E-state index in [0.717, 1.165) is 0 Å². The van der Waals surface area contributed by atoms with Gasteiger partial charge in [-0.2, -0.15) is 0 Å². The fourth-order valence-electron chi connectivity index (χ4n) is 2.05. The molecule has 24 heavy (non-hydrogen) atoms. The summed E-state index contributed by atoms with van der Waals surface area (Å²) in [5.41, 5.74) is 1.32. The van der Waals surface area contributed by atoms with Crippen LogP contribution in [0.15, 0.2) is 48.5 Å². The Morgan fingerprint density at radius 2 is 1.42 bits per heavy atom. The van der Waals surface area contributed by atoms with Crippen molar-refractivity contribution in [3.05, 3.63) is 59.7 Å². The molecule has 0 amide bonds. The zero-order chi connectivity index (χ0) is 17.7. The van der Waals surface area contributed by atoms with E-state index in [1.54, 1.807) is 6.92 Å². The normalized spacial score (nSPS) is 11.8. The maximum Gasteiger partial charge on any atom is 0.352 e. The lowest BCUT2D eigenvalue weighted by molar-refractivity contribution is -0.141. The van der Waals surface area contributed by atoms with Crippen LogP contribution in [0.25, 0.3) is 0 Å². The molecule has 1 N–H and O–H groups in total. The average molecular weight is 328 g/mol. The van der Waals surface area contributed by atoms with Crippen LogP contribution in [0, 0.1) is 0 Å². The summed E-state index contributed by atoms with van der Waals surface area (Å²) >= 11 is 0. The topological polar surface area (TPSA) is 72.8 Å². The summed E-state index contributed by atoms with van der Waals surface area (Å²) in [6, 6.07) is 13.2. The van der Waals surface area contributed by atoms with Gasteiger partial charge in [-0.05, 0) is 54.8 Å². The van der Waals surface area contributed by atoms with Gasteiger partial charge >= 0.3 is 11.9 Å². The quantitative estimate of drug-likeness (QED) is 0.643. The summed E-state index contributed by atoms with van der Waals surface area (Å²) in [5.74, 6) is -0.295. The molecule has 0 saturated carbocycles. The van der Waals surface area contributed by atoms with Crippen LogP contribution in [0.4, 0.5) is 0 Å². The minimum absolute atomic E-state index is 0.129. The second-order valence-corrected chi connectivity index (χ2v) is 5.73. The maximum atomic E-state index is 12.0. The zero-order valence-electron chi connectivity index (χ0n) is 13.9. The number of esters is 1. The third kappa shape index (κ3) is 4.59. The minimum Gasteiger partial charge on any atom is -0.479 e. The predicted octanol–water partition coefficient (Wildman–Crippen LogP) is 3.88. The van der Waals surface area contributed by atoms with Crippen LogP contribution in [0.1, 0.15) is 42.6 Å². The number of carbonyl (C=O) groups excluding carboxylic acids is 1. The molecule has 2 rings (SSSR count). The van der Waals surface area contributed by atoms with Crippen LogP contribution < -0.4 is 9.47 Å². The molecule has 2 aromatic carbocycles. The first kappa shape index (κ1) is 17.5. The molecule has 0 bridgehead atoms. The number of hydrogen-bond acceptors (Lipinski definition) is 4. The van der Waals surface area contributed by atoms with E-state index in [2.05, 4.69) is 13.8 Å². The fraction of sp³-hybridized carbons (Fsp3) is 0.263. The van der Waals surface area contributed by atoms with Crippen LogP contribution in [-0.4, -0.2) is 23.1 Å². The highest BCUT2D eigenvalue weighted by Gasteiger charge is 2.17. The summed E-state index contributed by atoms with van der Waals surface area (Å²) in [5, 5.41) is 8.84. The lowest BCUT2D eigenvalue weighted by atomic mass is 10.0. The molecule has 5 heteroatoms. The van der Waals surface area contributed by atoms with Gasteiger partial charge in [0.1, 0.15) is 11.5 Å². The summed E-state index contributed by atoms with van der Waals surface area (Å²) in [7, 11) is 0. The van der Waals surface area contributed by atoms with Crippen LogP contribution in [0.5, 0.6) is 11.5 Å². The maximum absolute atomic E-state index is 12.0. The highest BCUT2D eigenvalue weighted by Crippen LogP contribution is 2.20. The first-order valence-corrected chi connectivity index (χ1v) is 7.68. The second-order valence-electron chi connectivity index (χ2n) is 5.73. The molecular formula is C19H20O5. The van der Waals surface area contributed by atoms with Gasteiger partial charge in [-0.1, -0.05) is 26.0 Å². The standard InChI is InChI=1S/C19H20O5/c1-12(2)14-4-8-16(9-5-14)23-13(3)19(22)24-17-10-6-15(7-11-17)18(20)21/h4-13H,1-3H3,(H,20,21). The highest BCUT2D eigenvalue weighted by molar-refractivity contribution is 5.87. The van der Waals surface area contributed by atoms with Gasteiger partial charge in [0.2, 0.25) is 0 Å². The molecule has 2 aromatic rings. The van der Waals surface area contributed by atoms with Crippen molar-refractivity contribution in [2.45, 2.75) is 32.8 Å². The largest absolute Gasteiger partial charge is 0.479 e. The number of ether oxygens (including phenoxy) is 2. The Labute approximate surface area is 140 Å². The van der Waals surface area contributed by atoms with Gasteiger partial charge in [0, 0.05) is 0 Å². The molecule has 0 spiro atoms. The van der Waals surface area contributed by atoms with E-state index in [-0.39, 0.29) is 11.3 Å². The minimum atomic E-state index is -1.03. The number of rotatable bonds is 6. The van der Waals surface area contributed by atoms with Gasteiger partial charge in [0.15, 0.2) is 6.10 Å². The van der Waals surface area contributed by atoms with Gasteiger partial charge in [0.05, 0.1) is 5.56 Å². The molecule has 0 aliphatic heterocycles. The van der Waals surface area contributed by atoms with E-state index in [0.29, 0.717) is 11.7 Å². The molecule has 0 aliphatic carbocycles. The van der Waals surface area contributed by atoms with Gasteiger partial charge in [0.25, 0.3) is 0 Å². The monoisotopic (exact) mass is 328 g/mol. The second kappa shape index (κ2) is 7.64. The van der Waals surface area contributed by atoms with Crippen LogP contribution in [0.2, 0.25) is 0 Å². The van der Waals surface area contributed by atoms with E-state index >= 15 is 0 Å². The van der Waals surface area contributed by atoms with E-state index in [9.17, 15) is 9.59 Å². The molecule has 1 unspecified atom stereocenters. The van der Waals surface area contributed by atoms with Gasteiger partial charge in [-0.25, -0.2) is 9.59 Å². The molecular weight excluding hydrogens is 308 g/mol. The molecule has 0 saturated heterocycles.